The van der Waals surface area contributed by atoms with Gasteiger partial charge in [0.15, 0.2) is 11.5 Å². The van der Waals surface area contributed by atoms with Crippen molar-refractivity contribution in [2.45, 2.75) is 25.7 Å². The van der Waals surface area contributed by atoms with Crippen LogP contribution >= 0.6 is 0 Å². The summed E-state index contributed by atoms with van der Waals surface area (Å²) in [6.07, 6.45) is 3.60. The lowest BCUT2D eigenvalue weighted by Gasteiger charge is -2.07. The van der Waals surface area contributed by atoms with E-state index in [0.717, 1.165) is 31.2 Å². The van der Waals surface area contributed by atoms with Crippen LogP contribution in [0.25, 0.3) is 0 Å². The maximum absolute atomic E-state index is 9.57. The molecule has 0 radical (unpaired) electrons. The number of aryl methyl sites for hydroxylation is 4. The molecule has 3 nitrogen and oxygen atoms in total. The maximum atomic E-state index is 9.57. The molecule has 128 valence electrons. The lowest BCUT2D eigenvalue weighted by molar-refractivity contribution is 0.403. The van der Waals surface area contributed by atoms with Crippen LogP contribution in [0.4, 0.5) is 0 Å². The largest absolute Gasteiger partial charge is 0.508 e. The van der Waals surface area contributed by atoms with Crippen LogP contribution in [0.2, 0.25) is 0 Å². The molecule has 3 rings (SSSR count). The van der Waals surface area contributed by atoms with Crippen LogP contribution in [0, 0.1) is 0 Å². The molecule has 0 fully saturated rings. The van der Waals surface area contributed by atoms with E-state index in [9.17, 15) is 15.3 Å². The number of rotatable bonds is 6. The van der Waals surface area contributed by atoms with Crippen molar-refractivity contribution in [1.29, 1.82) is 0 Å². The Labute approximate surface area is 147 Å². The van der Waals surface area contributed by atoms with Crippen LogP contribution < -0.4 is 0 Å². The second-order valence-corrected chi connectivity index (χ2v) is 6.31. The molecule has 0 saturated carbocycles. The number of aromatic hydroxyl groups is 3. The van der Waals surface area contributed by atoms with E-state index in [1.807, 2.05) is 18.2 Å². The molecule has 0 unspecified atom stereocenters. The number of phenolic OH excluding ortho intramolecular Hbond substituents is 3. The topological polar surface area (TPSA) is 60.7 Å². The third-order valence-electron chi connectivity index (χ3n) is 4.37. The predicted molar refractivity (Wildman–Crippen MR) is 99.1 cm³/mol. The summed E-state index contributed by atoms with van der Waals surface area (Å²) >= 11 is 0. The lowest BCUT2D eigenvalue weighted by atomic mass is 9.99. The van der Waals surface area contributed by atoms with Crippen LogP contribution in [0.1, 0.15) is 22.3 Å². The first-order valence-electron chi connectivity index (χ1n) is 8.47. The van der Waals surface area contributed by atoms with Crippen molar-refractivity contribution in [3.8, 4) is 17.2 Å². The fraction of sp³-hybridized carbons (Fsp3) is 0.182. The Morgan fingerprint density at radius 1 is 0.480 bits per heavy atom. The van der Waals surface area contributed by atoms with E-state index < -0.39 is 0 Å². The van der Waals surface area contributed by atoms with Gasteiger partial charge in [-0.2, -0.15) is 0 Å². The molecule has 0 atom stereocenters. The van der Waals surface area contributed by atoms with Crippen molar-refractivity contribution < 1.29 is 15.3 Å². The molecule has 25 heavy (non-hydrogen) atoms. The molecule has 3 aromatic rings. The van der Waals surface area contributed by atoms with E-state index in [0.29, 0.717) is 5.75 Å². The fourth-order valence-corrected chi connectivity index (χ4v) is 2.91. The Morgan fingerprint density at radius 3 is 1.60 bits per heavy atom. The number of benzene rings is 3. The average Bonchev–Trinajstić information content (AvgIpc) is 2.63. The molecule has 0 heterocycles. The lowest BCUT2D eigenvalue weighted by Crippen LogP contribution is -1.95. The molecular weight excluding hydrogens is 312 g/mol. The van der Waals surface area contributed by atoms with Crippen molar-refractivity contribution in [2.75, 3.05) is 0 Å². The molecule has 3 N–H and O–H groups in total. The Balaban J connectivity index is 1.59. The van der Waals surface area contributed by atoms with Crippen LogP contribution in [0.5, 0.6) is 17.2 Å². The van der Waals surface area contributed by atoms with Gasteiger partial charge in [-0.25, -0.2) is 0 Å². The molecule has 0 spiro atoms. The van der Waals surface area contributed by atoms with Crippen LogP contribution in [-0.2, 0) is 25.7 Å². The first kappa shape index (κ1) is 16.9. The van der Waals surface area contributed by atoms with Gasteiger partial charge in [-0.1, -0.05) is 42.5 Å². The number of hydrogen-bond donors (Lipinski definition) is 3. The molecule has 0 aliphatic carbocycles. The summed E-state index contributed by atoms with van der Waals surface area (Å²) in [5.74, 6) is 0.145. The van der Waals surface area contributed by atoms with Gasteiger partial charge in [-0.05, 0) is 72.2 Å². The zero-order valence-corrected chi connectivity index (χ0v) is 14.0. The van der Waals surface area contributed by atoms with Gasteiger partial charge in [0.05, 0.1) is 0 Å². The third kappa shape index (κ3) is 4.77. The standard InChI is InChI=1S/C22H22O3/c23-20-11-8-16(9-12-20)4-5-17-2-1-3-18(14-17)6-7-19-10-13-21(24)22(25)15-19/h1-3,8-15,23-25H,4-7H2. The Hall–Kier alpha value is -2.94. The maximum Gasteiger partial charge on any atom is 0.157 e. The zero-order chi connectivity index (χ0) is 17.6. The first-order chi connectivity index (χ1) is 12.1. The number of hydrogen-bond acceptors (Lipinski definition) is 3. The minimum Gasteiger partial charge on any atom is -0.508 e. The molecule has 0 bridgehead atoms. The van der Waals surface area contributed by atoms with Crippen molar-refractivity contribution in [1.82, 2.24) is 0 Å². The normalized spacial score (nSPS) is 10.7. The molecule has 3 aromatic carbocycles. The van der Waals surface area contributed by atoms with E-state index in [-0.39, 0.29) is 11.5 Å². The highest BCUT2D eigenvalue weighted by molar-refractivity contribution is 5.40. The summed E-state index contributed by atoms with van der Waals surface area (Å²) in [4.78, 5) is 0. The minimum absolute atomic E-state index is 0.0693. The second kappa shape index (κ2) is 7.75. The van der Waals surface area contributed by atoms with Crippen molar-refractivity contribution in [3.05, 3.63) is 89.0 Å². The van der Waals surface area contributed by atoms with Gasteiger partial charge in [-0.3, -0.25) is 0 Å². The van der Waals surface area contributed by atoms with Gasteiger partial charge in [0.25, 0.3) is 0 Å². The quantitative estimate of drug-likeness (QED) is 0.587. The predicted octanol–water partition coefficient (Wildman–Crippen LogP) is 4.37. The summed E-state index contributed by atoms with van der Waals surface area (Å²) in [7, 11) is 0. The third-order valence-corrected chi connectivity index (χ3v) is 4.37. The average molecular weight is 334 g/mol. The van der Waals surface area contributed by atoms with Gasteiger partial charge in [0, 0.05) is 0 Å². The van der Waals surface area contributed by atoms with E-state index in [2.05, 4.69) is 24.3 Å². The SMILES string of the molecule is Oc1ccc(CCc2cccc(CCc3ccc(O)c(O)c3)c2)cc1. The summed E-state index contributed by atoms with van der Waals surface area (Å²) in [6.45, 7) is 0. The molecule has 3 heteroatoms. The molecule has 0 aliphatic heterocycles. The van der Waals surface area contributed by atoms with E-state index in [1.54, 1.807) is 18.2 Å². The summed E-state index contributed by atoms with van der Waals surface area (Å²) in [6, 6.07) is 20.9. The van der Waals surface area contributed by atoms with Crippen LogP contribution in [0.3, 0.4) is 0 Å². The zero-order valence-electron chi connectivity index (χ0n) is 14.0. The first-order valence-corrected chi connectivity index (χ1v) is 8.47. The van der Waals surface area contributed by atoms with Crippen molar-refractivity contribution in [3.63, 3.8) is 0 Å². The number of phenols is 3. The summed E-state index contributed by atoms with van der Waals surface area (Å²) in [5.41, 5.74) is 4.77. The van der Waals surface area contributed by atoms with Crippen LogP contribution in [0.15, 0.2) is 66.7 Å². The molecule has 0 aliphatic rings. The van der Waals surface area contributed by atoms with E-state index in [1.165, 1.54) is 22.8 Å². The Bertz CT molecular complexity index is 838. The minimum atomic E-state index is -0.0834. The molecule has 0 amide bonds. The Kier molecular flexibility index (Phi) is 5.24. The van der Waals surface area contributed by atoms with Gasteiger partial charge in [0.2, 0.25) is 0 Å². The molecular formula is C22H22O3. The molecule has 0 aromatic heterocycles. The summed E-state index contributed by atoms with van der Waals surface area (Å²) in [5, 5.41) is 28.3. The highest BCUT2D eigenvalue weighted by Gasteiger charge is 2.03. The van der Waals surface area contributed by atoms with E-state index >= 15 is 0 Å². The van der Waals surface area contributed by atoms with Crippen molar-refractivity contribution >= 4 is 0 Å². The smallest absolute Gasteiger partial charge is 0.157 e. The highest BCUT2D eigenvalue weighted by Crippen LogP contribution is 2.25. The monoisotopic (exact) mass is 334 g/mol. The van der Waals surface area contributed by atoms with Crippen LogP contribution in [-0.4, -0.2) is 15.3 Å². The van der Waals surface area contributed by atoms with E-state index in [4.69, 9.17) is 0 Å². The summed E-state index contributed by atoms with van der Waals surface area (Å²) < 4.78 is 0. The Morgan fingerprint density at radius 2 is 1.00 bits per heavy atom. The van der Waals surface area contributed by atoms with Crippen molar-refractivity contribution in [2.24, 2.45) is 0 Å². The molecule has 0 saturated heterocycles. The van der Waals surface area contributed by atoms with Gasteiger partial charge in [-0.15, -0.1) is 0 Å². The van der Waals surface area contributed by atoms with Gasteiger partial charge >= 0.3 is 0 Å². The highest BCUT2D eigenvalue weighted by atomic mass is 16.3. The fourth-order valence-electron chi connectivity index (χ4n) is 2.91. The van der Waals surface area contributed by atoms with Gasteiger partial charge < -0.3 is 15.3 Å². The second-order valence-electron chi connectivity index (χ2n) is 6.31. The van der Waals surface area contributed by atoms with Gasteiger partial charge in [0.1, 0.15) is 5.75 Å².